The van der Waals surface area contributed by atoms with Crippen LogP contribution in [-0.4, -0.2) is 30.5 Å². The summed E-state index contributed by atoms with van der Waals surface area (Å²) in [5, 5.41) is 1.01. The van der Waals surface area contributed by atoms with E-state index in [1.807, 2.05) is 17.9 Å². The molecule has 1 atom stereocenters. The number of allylic oxidation sites excluding steroid dienone is 1. The van der Waals surface area contributed by atoms with E-state index >= 15 is 0 Å². The van der Waals surface area contributed by atoms with Gasteiger partial charge in [0.15, 0.2) is 0 Å². The summed E-state index contributed by atoms with van der Waals surface area (Å²) < 4.78 is 11.5. The third-order valence-electron chi connectivity index (χ3n) is 6.11. The average molecular weight is 404 g/mol. The van der Waals surface area contributed by atoms with Crippen LogP contribution >= 0.6 is 0 Å². The number of nitrogens with zero attached hydrogens (tertiary/aromatic N) is 1. The molecule has 0 N–H and O–H groups in total. The van der Waals surface area contributed by atoms with Crippen molar-refractivity contribution in [3.8, 4) is 16.9 Å². The van der Waals surface area contributed by atoms with Gasteiger partial charge in [-0.2, -0.15) is 0 Å². The summed E-state index contributed by atoms with van der Waals surface area (Å²) in [6.45, 7) is 7.02. The number of aryl methyl sites for hydroxylation is 1. The van der Waals surface area contributed by atoms with Crippen LogP contribution in [0.3, 0.4) is 0 Å². The maximum atomic E-state index is 12.9. The minimum Gasteiger partial charge on any atom is -0.496 e. The minimum atomic E-state index is 0.0767. The van der Waals surface area contributed by atoms with E-state index in [9.17, 15) is 4.79 Å². The normalized spacial score (nSPS) is 17.4. The molecule has 156 valence electrons. The fourth-order valence-corrected chi connectivity index (χ4v) is 4.26. The first-order chi connectivity index (χ1) is 14.5. The molecule has 4 heteroatoms. The van der Waals surface area contributed by atoms with Crippen LogP contribution in [0.4, 0.5) is 0 Å². The average Bonchev–Trinajstić information content (AvgIpc) is 3.16. The Labute approximate surface area is 178 Å². The standard InChI is InChI=1S/C26H29NO3/c1-17-8-10-20(11-9-17)23-16-30-25-15-24(29-4)21(14-22(23)25)18(2)13-26(28)27-12-6-5-7-19(27)3/h8-11,13-16,19H,5-7,12H2,1-4H3/b18-13+. The van der Waals surface area contributed by atoms with Gasteiger partial charge >= 0.3 is 0 Å². The predicted molar refractivity (Wildman–Crippen MR) is 122 cm³/mol. The van der Waals surface area contributed by atoms with Gasteiger partial charge < -0.3 is 14.1 Å². The second-order valence-electron chi connectivity index (χ2n) is 8.27. The van der Waals surface area contributed by atoms with Crippen molar-refractivity contribution in [2.24, 2.45) is 0 Å². The van der Waals surface area contributed by atoms with Crippen LogP contribution in [0.2, 0.25) is 0 Å². The lowest BCUT2D eigenvalue weighted by atomic mass is 9.98. The maximum absolute atomic E-state index is 12.9. The Bertz CT molecular complexity index is 1090. The number of carbonyl (C=O) groups excluding carboxylic acids is 1. The first-order valence-electron chi connectivity index (χ1n) is 10.6. The van der Waals surface area contributed by atoms with E-state index in [4.69, 9.17) is 9.15 Å². The quantitative estimate of drug-likeness (QED) is 0.486. The van der Waals surface area contributed by atoms with Crippen molar-refractivity contribution in [3.05, 3.63) is 59.9 Å². The van der Waals surface area contributed by atoms with E-state index in [-0.39, 0.29) is 5.91 Å². The molecule has 1 fully saturated rings. The molecule has 1 aliphatic heterocycles. The predicted octanol–water partition coefficient (Wildman–Crippen LogP) is 6.22. The van der Waals surface area contributed by atoms with Crippen molar-refractivity contribution in [2.45, 2.75) is 46.1 Å². The SMILES string of the molecule is COc1cc2occ(-c3ccc(C)cc3)c2cc1/C(C)=C/C(=O)N1CCCCC1C. The minimum absolute atomic E-state index is 0.0767. The number of hydrogen-bond donors (Lipinski definition) is 0. The molecule has 3 aromatic rings. The van der Waals surface area contributed by atoms with E-state index < -0.39 is 0 Å². The van der Waals surface area contributed by atoms with Crippen molar-refractivity contribution < 1.29 is 13.9 Å². The number of ether oxygens (including phenoxy) is 1. The summed E-state index contributed by atoms with van der Waals surface area (Å²) in [5.74, 6) is 0.786. The zero-order chi connectivity index (χ0) is 21.3. The molecule has 2 heterocycles. The highest BCUT2D eigenvalue weighted by Gasteiger charge is 2.22. The van der Waals surface area contributed by atoms with Gasteiger partial charge in [-0.05, 0) is 57.2 Å². The number of rotatable bonds is 4. The van der Waals surface area contributed by atoms with Crippen molar-refractivity contribution in [2.75, 3.05) is 13.7 Å². The van der Waals surface area contributed by atoms with Gasteiger partial charge in [0.25, 0.3) is 0 Å². The molecular weight excluding hydrogens is 374 g/mol. The maximum Gasteiger partial charge on any atom is 0.247 e. The molecule has 0 bridgehead atoms. The molecule has 4 rings (SSSR count). The van der Waals surface area contributed by atoms with E-state index in [2.05, 4.69) is 44.2 Å². The molecule has 1 aromatic heterocycles. The van der Waals surface area contributed by atoms with E-state index in [0.717, 1.165) is 52.6 Å². The Hall–Kier alpha value is -3.01. The largest absolute Gasteiger partial charge is 0.496 e. The number of hydrogen-bond acceptors (Lipinski definition) is 3. The Morgan fingerprint density at radius 1 is 1.20 bits per heavy atom. The number of carbonyl (C=O) groups is 1. The molecule has 0 aliphatic carbocycles. The van der Waals surface area contributed by atoms with E-state index in [0.29, 0.717) is 11.8 Å². The smallest absolute Gasteiger partial charge is 0.247 e. The van der Waals surface area contributed by atoms with Crippen LogP contribution in [0.15, 0.2) is 53.2 Å². The lowest BCUT2D eigenvalue weighted by Crippen LogP contribution is -2.41. The second kappa shape index (κ2) is 8.39. The summed E-state index contributed by atoms with van der Waals surface area (Å²) in [6.07, 6.45) is 6.88. The summed E-state index contributed by atoms with van der Waals surface area (Å²) >= 11 is 0. The molecule has 1 aliphatic rings. The molecule has 2 aromatic carbocycles. The molecule has 1 saturated heterocycles. The van der Waals surface area contributed by atoms with Gasteiger partial charge in [0.05, 0.1) is 13.4 Å². The lowest BCUT2D eigenvalue weighted by Gasteiger charge is -2.32. The van der Waals surface area contributed by atoms with E-state index in [1.165, 1.54) is 12.0 Å². The summed E-state index contributed by atoms with van der Waals surface area (Å²) in [4.78, 5) is 14.9. The van der Waals surface area contributed by atoms with Gasteiger partial charge in [-0.25, -0.2) is 0 Å². The van der Waals surface area contributed by atoms with Gasteiger partial charge in [-0.1, -0.05) is 29.8 Å². The summed E-state index contributed by atoms with van der Waals surface area (Å²) in [6, 6.07) is 12.7. The van der Waals surface area contributed by atoms with E-state index in [1.54, 1.807) is 19.4 Å². The van der Waals surface area contributed by atoms with Crippen molar-refractivity contribution >= 4 is 22.4 Å². The summed E-state index contributed by atoms with van der Waals surface area (Å²) in [7, 11) is 1.65. The number of likely N-dealkylation sites (tertiary alicyclic amines) is 1. The molecule has 1 unspecified atom stereocenters. The second-order valence-corrected chi connectivity index (χ2v) is 8.27. The molecule has 0 saturated carbocycles. The number of furan rings is 1. The van der Waals surface area contributed by atoms with Crippen LogP contribution < -0.4 is 4.74 Å². The molecule has 30 heavy (non-hydrogen) atoms. The Kier molecular flexibility index (Phi) is 5.67. The highest BCUT2D eigenvalue weighted by Crippen LogP contribution is 2.37. The van der Waals surface area contributed by atoms with Crippen molar-refractivity contribution in [1.29, 1.82) is 0 Å². The third kappa shape index (κ3) is 3.87. The zero-order valence-corrected chi connectivity index (χ0v) is 18.2. The lowest BCUT2D eigenvalue weighted by molar-refractivity contribution is -0.129. The Balaban J connectivity index is 1.74. The summed E-state index contributed by atoms with van der Waals surface area (Å²) in [5.41, 5.74) is 5.95. The van der Waals surface area contributed by atoms with Gasteiger partial charge in [0.1, 0.15) is 11.3 Å². The number of methoxy groups -OCH3 is 1. The van der Waals surface area contributed by atoms with Gasteiger partial charge in [-0.15, -0.1) is 0 Å². The Morgan fingerprint density at radius 3 is 2.67 bits per heavy atom. The zero-order valence-electron chi connectivity index (χ0n) is 18.2. The number of benzene rings is 2. The Morgan fingerprint density at radius 2 is 1.97 bits per heavy atom. The fourth-order valence-electron chi connectivity index (χ4n) is 4.26. The fraction of sp³-hybridized carbons (Fsp3) is 0.346. The highest BCUT2D eigenvalue weighted by atomic mass is 16.5. The highest BCUT2D eigenvalue weighted by molar-refractivity contribution is 6.00. The van der Waals surface area contributed by atoms with Crippen LogP contribution in [0.5, 0.6) is 5.75 Å². The first-order valence-corrected chi connectivity index (χ1v) is 10.6. The molecule has 0 spiro atoms. The number of piperidine rings is 1. The molecule has 0 radical (unpaired) electrons. The van der Waals surface area contributed by atoms with Gasteiger partial charge in [0, 0.05) is 41.2 Å². The number of amides is 1. The molecular formula is C26H29NO3. The van der Waals surface area contributed by atoms with Crippen LogP contribution in [-0.2, 0) is 4.79 Å². The van der Waals surface area contributed by atoms with Gasteiger partial charge in [0.2, 0.25) is 5.91 Å². The monoisotopic (exact) mass is 403 g/mol. The first kappa shape index (κ1) is 20.3. The van der Waals surface area contributed by atoms with Crippen molar-refractivity contribution in [3.63, 3.8) is 0 Å². The van der Waals surface area contributed by atoms with Crippen LogP contribution in [0.25, 0.3) is 27.7 Å². The van der Waals surface area contributed by atoms with Crippen LogP contribution in [0, 0.1) is 6.92 Å². The topological polar surface area (TPSA) is 42.7 Å². The van der Waals surface area contributed by atoms with Crippen molar-refractivity contribution in [1.82, 2.24) is 4.90 Å². The third-order valence-corrected chi connectivity index (χ3v) is 6.11. The van der Waals surface area contributed by atoms with Gasteiger partial charge in [-0.3, -0.25) is 4.79 Å². The molecule has 1 amide bonds. The number of fused-ring (bicyclic) bond motifs is 1. The van der Waals surface area contributed by atoms with Crippen LogP contribution in [0.1, 0.15) is 44.2 Å². The molecule has 4 nitrogen and oxygen atoms in total.